The van der Waals surface area contributed by atoms with Gasteiger partial charge in [-0.2, -0.15) is 0 Å². The van der Waals surface area contributed by atoms with E-state index in [1.165, 1.54) is 5.56 Å². The van der Waals surface area contributed by atoms with Gasteiger partial charge in [-0.1, -0.05) is 12.1 Å². The number of benzene rings is 1. The number of ketones is 1. The fraction of sp³-hybridized carbons (Fsp3) is 0.529. The lowest BCUT2D eigenvalue weighted by molar-refractivity contribution is -0.133. The summed E-state index contributed by atoms with van der Waals surface area (Å²) in [6.07, 6.45) is 0.954. The zero-order valence-corrected chi connectivity index (χ0v) is 13.0. The highest BCUT2D eigenvalue weighted by molar-refractivity contribution is 5.82. The van der Waals surface area contributed by atoms with Crippen molar-refractivity contribution in [3.63, 3.8) is 0 Å². The van der Waals surface area contributed by atoms with E-state index in [0.29, 0.717) is 24.8 Å². The van der Waals surface area contributed by atoms with Gasteiger partial charge >= 0.3 is 0 Å². The molecule has 1 fully saturated rings. The molecule has 2 rings (SSSR count). The fourth-order valence-corrected chi connectivity index (χ4v) is 2.64. The number of hydrogen-bond acceptors (Lipinski definition) is 3. The molecule has 0 spiro atoms. The van der Waals surface area contributed by atoms with Gasteiger partial charge in [0.05, 0.1) is 0 Å². The van der Waals surface area contributed by atoms with Gasteiger partial charge in [-0.05, 0) is 50.8 Å². The maximum Gasteiger partial charge on any atom is 0.260 e. The summed E-state index contributed by atoms with van der Waals surface area (Å²) in [5.74, 6) is 1.53. The lowest BCUT2D eigenvalue weighted by atomic mass is 10.1. The molecule has 4 heteroatoms. The monoisotopic (exact) mass is 289 g/mol. The van der Waals surface area contributed by atoms with E-state index in [0.717, 1.165) is 6.42 Å². The van der Waals surface area contributed by atoms with Crippen LogP contribution in [-0.2, 0) is 9.59 Å². The summed E-state index contributed by atoms with van der Waals surface area (Å²) >= 11 is 0. The second kappa shape index (κ2) is 6.74. The minimum Gasteiger partial charge on any atom is -0.484 e. The summed E-state index contributed by atoms with van der Waals surface area (Å²) in [6, 6.07) is 7.73. The minimum absolute atomic E-state index is 0.00270. The first-order valence-electron chi connectivity index (χ1n) is 7.57. The van der Waals surface area contributed by atoms with E-state index in [4.69, 9.17) is 4.74 Å². The molecule has 2 unspecified atom stereocenters. The molecule has 2 atom stereocenters. The van der Waals surface area contributed by atoms with Gasteiger partial charge in [0.2, 0.25) is 0 Å². The summed E-state index contributed by atoms with van der Waals surface area (Å²) in [6.45, 7) is 7.04. The van der Waals surface area contributed by atoms with E-state index < -0.39 is 0 Å². The molecule has 1 amide bonds. The molecule has 1 aromatic rings. The maximum absolute atomic E-state index is 11.8. The van der Waals surface area contributed by atoms with Crippen LogP contribution in [0.2, 0.25) is 0 Å². The largest absolute Gasteiger partial charge is 0.484 e. The van der Waals surface area contributed by atoms with E-state index in [-0.39, 0.29) is 24.2 Å². The number of Topliss-reactive ketones (excluding diaryl/α,β-unsaturated/α-hetero) is 1. The van der Waals surface area contributed by atoms with Crippen LogP contribution in [0.3, 0.4) is 0 Å². The standard InChI is InChI=1S/C17H23NO3/c1-4-18(5-2)17(20)11-21-14-8-6-13(7-9-14)16-10-15(16)12(3)19/h6-9,15-16H,4-5,10-11H2,1-3H3. The number of hydrogen-bond donors (Lipinski definition) is 0. The smallest absolute Gasteiger partial charge is 0.260 e. The Balaban J connectivity index is 1.86. The van der Waals surface area contributed by atoms with Crippen molar-refractivity contribution in [2.24, 2.45) is 5.92 Å². The Kier molecular flexibility index (Phi) is 4.99. The van der Waals surface area contributed by atoms with Crippen molar-refractivity contribution in [1.29, 1.82) is 0 Å². The SMILES string of the molecule is CCN(CC)C(=O)COc1ccc(C2CC2C(C)=O)cc1. The Labute approximate surface area is 126 Å². The molecule has 21 heavy (non-hydrogen) atoms. The zero-order chi connectivity index (χ0) is 15.4. The zero-order valence-electron chi connectivity index (χ0n) is 13.0. The third kappa shape index (κ3) is 3.84. The topological polar surface area (TPSA) is 46.6 Å². The molecule has 1 aliphatic carbocycles. The van der Waals surface area contributed by atoms with E-state index in [9.17, 15) is 9.59 Å². The average Bonchev–Trinajstić information content (AvgIpc) is 3.27. The minimum atomic E-state index is 0.00270. The lowest BCUT2D eigenvalue weighted by Gasteiger charge is -2.18. The normalized spacial score (nSPS) is 20.0. The van der Waals surface area contributed by atoms with Crippen molar-refractivity contribution in [3.05, 3.63) is 29.8 Å². The first-order chi connectivity index (χ1) is 10.1. The molecule has 0 radical (unpaired) electrons. The van der Waals surface area contributed by atoms with E-state index in [2.05, 4.69) is 0 Å². The molecular weight excluding hydrogens is 266 g/mol. The van der Waals surface area contributed by atoms with Crippen molar-refractivity contribution in [2.45, 2.75) is 33.1 Å². The summed E-state index contributed by atoms with van der Waals surface area (Å²) in [5.41, 5.74) is 1.18. The Morgan fingerprint density at radius 1 is 1.19 bits per heavy atom. The Bertz CT molecular complexity index is 505. The van der Waals surface area contributed by atoms with Crippen LogP contribution < -0.4 is 4.74 Å². The second-order valence-electron chi connectivity index (χ2n) is 5.48. The van der Waals surface area contributed by atoms with E-state index in [1.54, 1.807) is 11.8 Å². The number of amides is 1. The number of likely N-dealkylation sites (N-methyl/N-ethyl adjacent to an activating group) is 1. The van der Waals surface area contributed by atoms with Gasteiger partial charge in [0.1, 0.15) is 11.5 Å². The van der Waals surface area contributed by atoms with Crippen molar-refractivity contribution >= 4 is 11.7 Å². The van der Waals surface area contributed by atoms with Gasteiger partial charge in [0.15, 0.2) is 6.61 Å². The molecule has 114 valence electrons. The predicted molar refractivity (Wildman–Crippen MR) is 81.4 cm³/mol. The number of nitrogens with zero attached hydrogens (tertiary/aromatic N) is 1. The Hall–Kier alpha value is -1.84. The van der Waals surface area contributed by atoms with Crippen molar-refractivity contribution in [3.8, 4) is 5.75 Å². The van der Waals surface area contributed by atoms with Crippen molar-refractivity contribution in [1.82, 2.24) is 4.90 Å². The number of ether oxygens (including phenoxy) is 1. The van der Waals surface area contributed by atoms with Gasteiger partial charge in [-0.25, -0.2) is 0 Å². The quantitative estimate of drug-likeness (QED) is 0.775. The number of rotatable bonds is 7. The highest BCUT2D eigenvalue weighted by Crippen LogP contribution is 2.48. The highest BCUT2D eigenvalue weighted by Gasteiger charge is 2.41. The summed E-state index contributed by atoms with van der Waals surface area (Å²) < 4.78 is 5.52. The summed E-state index contributed by atoms with van der Waals surface area (Å²) in [5, 5.41) is 0. The van der Waals surface area contributed by atoms with Crippen LogP contribution in [0.1, 0.15) is 38.7 Å². The van der Waals surface area contributed by atoms with Crippen LogP contribution in [0, 0.1) is 5.92 Å². The Morgan fingerprint density at radius 2 is 1.81 bits per heavy atom. The second-order valence-corrected chi connectivity index (χ2v) is 5.48. The van der Waals surface area contributed by atoms with Gasteiger partial charge < -0.3 is 9.64 Å². The van der Waals surface area contributed by atoms with Crippen LogP contribution in [0.15, 0.2) is 24.3 Å². The van der Waals surface area contributed by atoms with E-state index >= 15 is 0 Å². The maximum atomic E-state index is 11.8. The van der Waals surface area contributed by atoms with Crippen molar-refractivity contribution in [2.75, 3.05) is 19.7 Å². The van der Waals surface area contributed by atoms with Gasteiger partial charge in [0, 0.05) is 19.0 Å². The van der Waals surface area contributed by atoms with Crippen LogP contribution in [-0.4, -0.2) is 36.3 Å². The summed E-state index contributed by atoms with van der Waals surface area (Å²) in [7, 11) is 0. The van der Waals surface area contributed by atoms with Crippen LogP contribution in [0.4, 0.5) is 0 Å². The molecule has 1 aliphatic rings. The number of carbonyl (C=O) groups is 2. The van der Waals surface area contributed by atoms with Crippen LogP contribution >= 0.6 is 0 Å². The lowest BCUT2D eigenvalue weighted by Crippen LogP contribution is -2.34. The van der Waals surface area contributed by atoms with Gasteiger partial charge in [-0.3, -0.25) is 9.59 Å². The third-order valence-electron chi connectivity index (χ3n) is 4.10. The molecule has 0 bridgehead atoms. The molecule has 1 aromatic carbocycles. The molecule has 1 saturated carbocycles. The van der Waals surface area contributed by atoms with Crippen LogP contribution in [0.5, 0.6) is 5.75 Å². The molecule has 4 nitrogen and oxygen atoms in total. The predicted octanol–water partition coefficient (Wildman–Crippen LogP) is 2.63. The highest BCUT2D eigenvalue weighted by atomic mass is 16.5. The molecule has 0 N–H and O–H groups in total. The molecule has 0 heterocycles. The van der Waals surface area contributed by atoms with Gasteiger partial charge in [0.25, 0.3) is 5.91 Å². The molecule has 0 aliphatic heterocycles. The molecule has 0 saturated heterocycles. The molecular formula is C17H23NO3. The number of carbonyl (C=O) groups excluding carboxylic acids is 2. The van der Waals surface area contributed by atoms with Gasteiger partial charge in [-0.15, -0.1) is 0 Å². The van der Waals surface area contributed by atoms with Crippen molar-refractivity contribution < 1.29 is 14.3 Å². The fourth-order valence-electron chi connectivity index (χ4n) is 2.64. The third-order valence-corrected chi connectivity index (χ3v) is 4.10. The summed E-state index contributed by atoms with van der Waals surface area (Å²) in [4.78, 5) is 24.9. The van der Waals surface area contributed by atoms with E-state index in [1.807, 2.05) is 38.1 Å². The Morgan fingerprint density at radius 3 is 2.29 bits per heavy atom. The molecule has 0 aromatic heterocycles. The first kappa shape index (κ1) is 15.5. The first-order valence-corrected chi connectivity index (χ1v) is 7.57. The average molecular weight is 289 g/mol. The van der Waals surface area contributed by atoms with Crippen LogP contribution in [0.25, 0.3) is 0 Å².